The number of aliphatic hydroxyl groups excluding tert-OH is 10. The van der Waals surface area contributed by atoms with Gasteiger partial charge in [-0.15, -0.1) is 0 Å². The summed E-state index contributed by atoms with van der Waals surface area (Å²) in [7, 11) is 0. The lowest BCUT2D eigenvalue weighted by Gasteiger charge is -2.46. The Balaban J connectivity index is 1.76. The van der Waals surface area contributed by atoms with Gasteiger partial charge >= 0.3 is 0 Å². The normalized spacial score (nSPS) is 43.9. The van der Waals surface area contributed by atoms with E-state index in [1.165, 1.54) is 0 Å². The Labute approximate surface area is 253 Å². The highest BCUT2D eigenvalue weighted by molar-refractivity contribution is 5.76. The third-order valence-corrected chi connectivity index (χ3v) is 8.11. The summed E-state index contributed by atoms with van der Waals surface area (Å²) in [5, 5.41) is 102. The Bertz CT molecular complexity index is 868. The number of carbonyl (C=O) groups is 1. The molecule has 16 atom stereocenters. The summed E-state index contributed by atoms with van der Waals surface area (Å²) in [6.07, 6.45) is -22.3. The second-order valence-electron chi connectivity index (χ2n) is 11.3. The molecule has 1 amide bonds. The highest BCUT2D eigenvalue weighted by atomic mass is 16.7. The SMILES string of the molecule is CCCCC(CCO[C@H]1O[C@H](CO[C@H]2O[C@H](CO)[C@@H](O)[C@H](O)[C@@H]2O)[C@@H](O)[C@H](O[C@H]2O[C@H](CO)[C@@H](O)[C@H](O)[C@@H]2O)[C@@H]1O)C(N)=O. The summed E-state index contributed by atoms with van der Waals surface area (Å²) >= 11 is 0. The van der Waals surface area contributed by atoms with E-state index in [1.807, 2.05) is 6.92 Å². The summed E-state index contributed by atoms with van der Waals surface area (Å²) in [6, 6.07) is 0. The molecule has 0 saturated carbocycles. The van der Waals surface area contributed by atoms with Crippen LogP contribution in [0.5, 0.6) is 0 Å². The fourth-order valence-corrected chi connectivity index (χ4v) is 5.27. The largest absolute Gasteiger partial charge is 0.394 e. The number of ether oxygens (including phenoxy) is 6. The number of primary amides is 1. The van der Waals surface area contributed by atoms with Crippen LogP contribution in [0.15, 0.2) is 0 Å². The number of aliphatic hydroxyl groups is 10. The molecule has 0 aromatic rings. The number of hydrogen-bond donors (Lipinski definition) is 11. The van der Waals surface area contributed by atoms with Crippen LogP contribution in [-0.2, 0) is 33.2 Å². The van der Waals surface area contributed by atoms with Gasteiger partial charge in [-0.3, -0.25) is 4.79 Å². The minimum atomic E-state index is -1.87. The lowest BCUT2D eigenvalue weighted by atomic mass is 9.96. The third kappa shape index (κ3) is 8.79. The van der Waals surface area contributed by atoms with Crippen molar-refractivity contribution in [2.75, 3.05) is 26.4 Å². The number of carbonyl (C=O) groups excluding carboxylic acids is 1. The van der Waals surface area contributed by atoms with E-state index in [1.54, 1.807) is 0 Å². The van der Waals surface area contributed by atoms with Crippen molar-refractivity contribution in [1.29, 1.82) is 0 Å². The van der Waals surface area contributed by atoms with Crippen LogP contribution in [0.3, 0.4) is 0 Å². The number of amides is 1. The highest BCUT2D eigenvalue weighted by Gasteiger charge is 2.52. The molecule has 0 aromatic heterocycles. The molecule has 0 aromatic carbocycles. The molecule has 12 N–H and O–H groups in total. The topological polar surface area (TPSA) is 301 Å². The van der Waals surface area contributed by atoms with Gasteiger partial charge in [0.05, 0.1) is 26.4 Å². The Hall–Kier alpha value is -1.17. The van der Waals surface area contributed by atoms with Gasteiger partial charge in [-0.1, -0.05) is 19.8 Å². The minimum Gasteiger partial charge on any atom is -0.394 e. The molecule has 44 heavy (non-hydrogen) atoms. The lowest BCUT2D eigenvalue weighted by Crippen LogP contribution is -2.65. The Morgan fingerprint density at radius 2 is 1.20 bits per heavy atom. The van der Waals surface area contributed by atoms with Crippen LogP contribution in [0.4, 0.5) is 0 Å². The Morgan fingerprint density at radius 1 is 0.682 bits per heavy atom. The van der Waals surface area contributed by atoms with Gasteiger partial charge in [0.2, 0.25) is 5.91 Å². The van der Waals surface area contributed by atoms with Crippen LogP contribution < -0.4 is 5.73 Å². The standard InChI is InChI=1S/C26H47NO17/c1-2-3-4-10(23(27)38)5-6-39-25-21(37)22(44-26-20(36)18(34)15(31)12(8-29)42-26)16(32)13(43-25)9-40-24-19(35)17(33)14(30)11(7-28)41-24/h10-22,24-26,28-37H,2-9H2,1H3,(H2,27,38)/t10?,11-,12-,13-,14-,15-,16-,17+,18+,19+,20+,21+,22+,24+,25+,26-/m1/s1. The fourth-order valence-electron chi connectivity index (χ4n) is 5.27. The molecular weight excluding hydrogens is 598 g/mol. The minimum absolute atomic E-state index is 0.123. The van der Waals surface area contributed by atoms with Crippen LogP contribution in [0.2, 0.25) is 0 Å². The molecule has 3 rings (SSSR count). The second-order valence-corrected chi connectivity index (χ2v) is 11.3. The van der Waals surface area contributed by atoms with E-state index in [2.05, 4.69) is 0 Å². The first kappa shape index (κ1) is 37.3. The average Bonchev–Trinajstić information content (AvgIpc) is 3.00. The van der Waals surface area contributed by atoms with Crippen molar-refractivity contribution < 1.29 is 84.3 Å². The van der Waals surface area contributed by atoms with Crippen LogP contribution in [0.1, 0.15) is 32.6 Å². The van der Waals surface area contributed by atoms with Gasteiger partial charge in [0.1, 0.15) is 73.2 Å². The molecule has 18 heteroatoms. The van der Waals surface area contributed by atoms with Crippen molar-refractivity contribution in [3.8, 4) is 0 Å². The van der Waals surface area contributed by atoms with Crippen molar-refractivity contribution >= 4 is 5.91 Å². The summed E-state index contributed by atoms with van der Waals surface area (Å²) in [5.74, 6) is -1.05. The number of nitrogens with two attached hydrogens (primary N) is 1. The lowest BCUT2D eigenvalue weighted by molar-refractivity contribution is -0.366. The van der Waals surface area contributed by atoms with Gasteiger partial charge in [0.25, 0.3) is 0 Å². The number of hydrogen-bond acceptors (Lipinski definition) is 17. The van der Waals surface area contributed by atoms with E-state index in [0.29, 0.717) is 6.42 Å². The molecule has 0 aliphatic carbocycles. The third-order valence-electron chi connectivity index (χ3n) is 8.11. The molecule has 18 nitrogen and oxygen atoms in total. The van der Waals surface area contributed by atoms with Crippen molar-refractivity contribution in [1.82, 2.24) is 0 Å². The maximum Gasteiger partial charge on any atom is 0.220 e. The molecule has 0 radical (unpaired) electrons. The van der Waals surface area contributed by atoms with Gasteiger partial charge in [-0.05, 0) is 12.8 Å². The maximum atomic E-state index is 11.8. The van der Waals surface area contributed by atoms with Crippen molar-refractivity contribution in [3.63, 3.8) is 0 Å². The summed E-state index contributed by atoms with van der Waals surface area (Å²) < 4.78 is 33.2. The molecule has 258 valence electrons. The maximum absolute atomic E-state index is 11.8. The zero-order valence-electron chi connectivity index (χ0n) is 24.3. The Kier molecular flexibility index (Phi) is 14.5. The van der Waals surface area contributed by atoms with Crippen molar-refractivity contribution in [2.24, 2.45) is 11.7 Å². The number of rotatable bonds is 15. The van der Waals surface area contributed by atoms with E-state index in [-0.39, 0.29) is 13.0 Å². The monoisotopic (exact) mass is 645 g/mol. The van der Waals surface area contributed by atoms with E-state index in [9.17, 15) is 55.9 Å². The number of unbranched alkanes of at least 4 members (excludes halogenated alkanes) is 1. The molecule has 0 bridgehead atoms. The van der Waals surface area contributed by atoms with E-state index in [0.717, 1.165) is 12.8 Å². The summed E-state index contributed by atoms with van der Waals surface area (Å²) in [5.41, 5.74) is 5.49. The molecular formula is C26H47NO17. The van der Waals surface area contributed by atoms with E-state index in [4.69, 9.17) is 34.2 Å². The van der Waals surface area contributed by atoms with E-state index < -0.39 is 124 Å². The first-order chi connectivity index (χ1) is 20.9. The Morgan fingerprint density at radius 3 is 1.75 bits per heavy atom. The smallest absolute Gasteiger partial charge is 0.220 e. The van der Waals surface area contributed by atoms with Crippen molar-refractivity contribution in [2.45, 2.75) is 125 Å². The quantitative estimate of drug-likeness (QED) is 0.0790. The van der Waals surface area contributed by atoms with Gasteiger partial charge in [-0.25, -0.2) is 0 Å². The van der Waals surface area contributed by atoms with E-state index >= 15 is 0 Å². The zero-order valence-corrected chi connectivity index (χ0v) is 24.3. The molecule has 3 saturated heterocycles. The summed E-state index contributed by atoms with van der Waals surface area (Å²) in [6.45, 7) is -0.235. The zero-order chi connectivity index (χ0) is 32.7. The van der Waals surface area contributed by atoms with Crippen molar-refractivity contribution in [3.05, 3.63) is 0 Å². The molecule has 3 heterocycles. The fraction of sp³-hybridized carbons (Fsp3) is 0.962. The van der Waals surface area contributed by atoms with Crippen LogP contribution in [0.25, 0.3) is 0 Å². The second kappa shape index (κ2) is 17.1. The molecule has 3 fully saturated rings. The predicted molar refractivity (Wildman–Crippen MR) is 142 cm³/mol. The van der Waals surface area contributed by atoms with Gasteiger partial charge < -0.3 is 85.2 Å². The molecule has 0 spiro atoms. The molecule has 3 aliphatic heterocycles. The molecule has 3 aliphatic rings. The first-order valence-corrected chi connectivity index (χ1v) is 14.7. The highest BCUT2D eigenvalue weighted by Crippen LogP contribution is 2.31. The first-order valence-electron chi connectivity index (χ1n) is 14.7. The van der Waals surface area contributed by atoms with Crippen LogP contribution >= 0.6 is 0 Å². The molecule has 1 unspecified atom stereocenters. The average molecular weight is 646 g/mol. The van der Waals surface area contributed by atoms with Gasteiger partial charge in [-0.2, -0.15) is 0 Å². The predicted octanol–water partition coefficient (Wildman–Crippen LogP) is -5.87. The summed E-state index contributed by atoms with van der Waals surface area (Å²) in [4.78, 5) is 11.8. The van der Waals surface area contributed by atoms with Crippen LogP contribution in [-0.4, -0.2) is 176 Å². The van der Waals surface area contributed by atoms with Crippen LogP contribution in [0, 0.1) is 5.92 Å². The van der Waals surface area contributed by atoms with Gasteiger partial charge in [0.15, 0.2) is 18.9 Å². The van der Waals surface area contributed by atoms with Gasteiger partial charge in [0, 0.05) is 5.92 Å².